The fraction of sp³-hybridized carbons (Fsp3) is 0.0909. The Kier molecular flexibility index (Phi) is 20.1. The van der Waals surface area contributed by atoms with Gasteiger partial charge in [-0.2, -0.15) is 0 Å². The van der Waals surface area contributed by atoms with Gasteiger partial charge in [0.15, 0.2) is 27.9 Å². The van der Waals surface area contributed by atoms with Crippen LogP contribution in [0.4, 0.5) is 11.4 Å². The molecule has 0 amide bonds. The van der Waals surface area contributed by atoms with Gasteiger partial charge in [0.1, 0.15) is 41.7 Å². The normalized spacial score (nSPS) is 12.2. The van der Waals surface area contributed by atoms with E-state index in [2.05, 4.69) is 23.8 Å². The summed E-state index contributed by atoms with van der Waals surface area (Å²) in [4.78, 5) is -3.53. The summed E-state index contributed by atoms with van der Waals surface area (Å²) in [7, 11) is -20.2. The van der Waals surface area contributed by atoms with Crippen LogP contribution in [-0.4, -0.2) is 64.8 Å². The van der Waals surface area contributed by atoms with Crippen LogP contribution in [0.25, 0.3) is 21.5 Å². The summed E-state index contributed by atoms with van der Waals surface area (Å²) >= 11 is 0.0843. The van der Waals surface area contributed by atoms with Gasteiger partial charge in [-0.25, -0.2) is 33.7 Å². The molecule has 0 fully saturated rings. The molecule has 4 aromatic carbocycles. The van der Waals surface area contributed by atoms with E-state index in [4.69, 9.17) is 0 Å². The van der Waals surface area contributed by atoms with Gasteiger partial charge in [0, 0.05) is 16.2 Å². The van der Waals surface area contributed by atoms with Crippen LogP contribution in [0.3, 0.4) is 0 Å². The van der Waals surface area contributed by atoms with Gasteiger partial charge in [-0.3, -0.25) is 9.22 Å². The van der Waals surface area contributed by atoms with E-state index in [1.54, 1.807) is 0 Å². The Bertz CT molecular complexity index is 2310. The quantitative estimate of drug-likeness (QED) is 0.0264. The zero-order valence-corrected chi connectivity index (χ0v) is 37.7. The molecule has 0 aliphatic carbocycles. The van der Waals surface area contributed by atoms with Crippen molar-refractivity contribution in [1.82, 2.24) is 0 Å². The van der Waals surface area contributed by atoms with E-state index >= 15 is 0 Å². The molecule has 0 heterocycles. The molecule has 0 aliphatic heterocycles. The molecule has 0 aromatic heterocycles. The van der Waals surface area contributed by atoms with Gasteiger partial charge < -0.3 is 24.0 Å². The third-order valence-corrected chi connectivity index (χ3v) is 10.6. The second kappa shape index (κ2) is 19.8. The summed E-state index contributed by atoms with van der Waals surface area (Å²) in [6.45, 7) is -0.451. The molecule has 0 aliphatic rings. The topological polar surface area (TPSA) is 301 Å². The summed E-state index contributed by atoms with van der Waals surface area (Å²) in [6.07, 6.45) is 0. The van der Waals surface area contributed by atoms with E-state index in [1.165, 1.54) is 0 Å². The van der Waals surface area contributed by atoms with Crippen LogP contribution in [0.1, 0.15) is 0 Å². The molecule has 242 valence electrons. The van der Waals surface area contributed by atoms with Gasteiger partial charge in [0.2, 0.25) is 0 Å². The molecule has 49 heavy (non-hydrogen) atoms. The van der Waals surface area contributed by atoms with Crippen LogP contribution < -0.4 is 123 Å². The van der Waals surface area contributed by atoms with Crippen molar-refractivity contribution in [2.75, 3.05) is 12.4 Å². The molecule has 0 radical (unpaired) electrons. The van der Waals surface area contributed by atoms with Crippen LogP contribution in [0.2, 0.25) is 0 Å². The Morgan fingerprint density at radius 1 is 0.714 bits per heavy atom. The van der Waals surface area contributed by atoms with E-state index in [-0.39, 0.29) is 146 Å². The molecule has 0 saturated carbocycles. The molecule has 0 atom stereocenters. The summed E-state index contributed by atoms with van der Waals surface area (Å²) in [5.74, 6) is -1.73. The van der Waals surface area contributed by atoms with Crippen molar-refractivity contribution in [3.63, 3.8) is 0 Å². The maximum atomic E-state index is 12.6. The Morgan fingerprint density at radius 2 is 1.33 bits per heavy atom. The van der Waals surface area contributed by atoms with Crippen LogP contribution in [0.15, 0.2) is 84.4 Å². The van der Waals surface area contributed by atoms with Crippen molar-refractivity contribution in [2.45, 2.75) is 19.6 Å². The van der Waals surface area contributed by atoms with E-state index in [1.807, 2.05) is 0 Å². The number of aromatic hydroxyl groups is 1. The number of rotatable bonds is 12. The molecular formula is C22H14N2Na4O16S5. The van der Waals surface area contributed by atoms with Gasteiger partial charge >= 0.3 is 118 Å². The average molecular weight is 815 g/mol. The standard InChI is InChI=1S/C22H18N2O16S5.4Na/c25-21-17(11-19(44(32,33)34)15-2-1-3-18(20(15)21)43(29,30)31)24-23-16-7-4-12-10-13(5-6-14(12)22(16)45(35,36)37)42(27,28)9-8-38-41-40-39-26;;;;/h1-7,10-11,25-26H,8-9H2,(H,29,30,31)(H,32,33,34)(H,35,36,37);;;;/q;4*+1/p-4. The van der Waals surface area contributed by atoms with Gasteiger partial charge in [-0.15, -0.1) is 14.6 Å². The first-order valence-electron chi connectivity index (χ1n) is 11.5. The first-order valence-corrected chi connectivity index (χ1v) is 18.0. The van der Waals surface area contributed by atoms with Crippen molar-refractivity contribution in [1.29, 1.82) is 0 Å². The third kappa shape index (κ3) is 12.1. The predicted octanol–water partition coefficient (Wildman–Crippen LogP) is -10.6. The average Bonchev–Trinajstić information content (AvgIpc) is 2.94. The summed E-state index contributed by atoms with van der Waals surface area (Å²) < 4.78 is 142. The number of phenols is 1. The molecule has 1 N–H and O–H groups in total. The van der Waals surface area contributed by atoms with Crippen LogP contribution in [-0.2, 0) is 53.7 Å². The number of fused-ring (bicyclic) bond motifs is 2. The van der Waals surface area contributed by atoms with Gasteiger partial charge in [0.05, 0.1) is 31.9 Å². The maximum Gasteiger partial charge on any atom is 1.00 e. The van der Waals surface area contributed by atoms with Crippen LogP contribution >= 0.6 is 12.3 Å². The Morgan fingerprint density at radius 3 is 1.90 bits per heavy atom. The number of benzene rings is 4. The number of sulfone groups is 1. The molecule has 27 heteroatoms. The smallest absolute Gasteiger partial charge is 0.744 e. The second-order valence-corrected chi connectivity index (χ2v) is 15.3. The van der Waals surface area contributed by atoms with Gasteiger partial charge in [-0.05, 0) is 35.7 Å². The number of hydrogen-bond acceptors (Lipinski definition) is 19. The Balaban J connectivity index is 0.00000576. The molecule has 4 aromatic rings. The molecular weight excluding hydrogens is 801 g/mol. The van der Waals surface area contributed by atoms with Crippen molar-refractivity contribution >= 4 is 85.4 Å². The van der Waals surface area contributed by atoms with Crippen LogP contribution in [0.5, 0.6) is 5.75 Å². The summed E-state index contributed by atoms with van der Waals surface area (Å²) in [6, 6.07) is 8.19. The molecule has 4 rings (SSSR count). The SMILES string of the molecule is O=S(=O)([O-])c1c(N=Nc2cc(S(=O)(=O)[O-])c3cccc(S(=O)(=O)[O-])c3c2O)ccc2cc(S(=O)(=O)CCOSOO[O-])ccc12.[Na+].[Na+].[Na+].[Na+]. The molecule has 0 spiro atoms. The zero-order chi connectivity index (χ0) is 33.4. The molecule has 0 saturated heterocycles. The van der Waals surface area contributed by atoms with Crippen molar-refractivity contribution in [2.24, 2.45) is 10.2 Å². The second-order valence-electron chi connectivity index (χ2n) is 8.63. The fourth-order valence-corrected chi connectivity index (χ4v) is 7.76. The monoisotopic (exact) mass is 814 g/mol. The maximum absolute atomic E-state index is 12.6. The summed E-state index contributed by atoms with van der Waals surface area (Å²) in [5.41, 5.74) is -1.58. The predicted molar refractivity (Wildman–Crippen MR) is 145 cm³/mol. The van der Waals surface area contributed by atoms with Crippen molar-refractivity contribution in [3.05, 3.63) is 54.6 Å². The van der Waals surface area contributed by atoms with Gasteiger partial charge in [0.25, 0.3) is 0 Å². The zero-order valence-electron chi connectivity index (χ0n) is 25.6. The number of azo groups is 1. The number of nitrogens with zero attached hydrogens (tertiary/aromatic N) is 2. The van der Waals surface area contributed by atoms with Crippen molar-refractivity contribution < 1.29 is 189 Å². The minimum atomic E-state index is -5.39. The minimum absolute atomic E-state index is 0. The van der Waals surface area contributed by atoms with Crippen molar-refractivity contribution in [3.8, 4) is 5.75 Å². The Labute approximate surface area is 372 Å². The fourth-order valence-electron chi connectivity index (χ4n) is 4.11. The van der Waals surface area contributed by atoms with Gasteiger partial charge in [-0.1, -0.05) is 24.3 Å². The largest absolute Gasteiger partial charge is 1.00 e. The molecule has 18 nitrogen and oxygen atoms in total. The molecule has 0 unspecified atom stereocenters. The first kappa shape index (κ1) is 49.7. The number of phenolic OH excluding ortho intramolecular Hbond substituents is 1. The van der Waals surface area contributed by atoms with E-state index < -0.39 is 95.1 Å². The first-order chi connectivity index (χ1) is 20.9. The molecule has 0 bridgehead atoms. The Hall–Kier alpha value is 0.670. The van der Waals surface area contributed by atoms with Crippen LogP contribution in [0, 0.1) is 0 Å². The van der Waals surface area contributed by atoms with E-state index in [0.29, 0.717) is 6.07 Å². The third-order valence-electron chi connectivity index (χ3n) is 5.91. The minimum Gasteiger partial charge on any atom is -0.744 e. The van der Waals surface area contributed by atoms with E-state index in [9.17, 15) is 57.7 Å². The van der Waals surface area contributed by atoms with E-state index in [0.717, 1.165) is 48.5 Å². The number of hydrogen-bond donors (Lipinski definition) is 1. The summed E-state index contributed by atoms with van der Waals surface area (Å²) in [5, 5.41) is 28.7.